The van der Waals surface area contributed by atoms with Crippen molar-refractivity contribution in [3.8, 4) is 0 Å². The van der Waals surface area contributed by atoms with Gasteiger partial charge in [-0.05, 0) is 25.0 Å². The van der Waals surface area contributed by atoms with Crippen molar-refractivity contribution in [3.63, 3.8) is 0 Å². The van der Waals surface area contributed by atoms with Crippen molar-refractivity contribution in [2.45, 2.75) is 37.7 Å². The van der Waals surface area contributed by atoms with Crippen molar-refractivity contribution in [2.24, 2.45) is 0 Å². The van der Waals surface area contributed by atoms with Gasteiger partial charge < -0.3 is 9.52 Å². The molecule has 3 heteroatoms. The zero-order chi connectivity index (χ0) is 10.0. The Bertz CT molecular complexity index is 307. The third kappa shape index (κ3) is 1.60. The van der Waals surface area contributed by atoms with Crippen LogP contribution in [0.5, 0.6) is 0 Å². The van der Waals surface area contributed by atoms with E-state index in [0.717, 1.165) is 19.3 Å². The summed E-state index contributed by atoms with van der Waals surface area (Å²) in [6.45, 7) is 0. The van der Waals surface area contributed by atoms with Crippen LogP contribution in [0.25, 0.3) is 0 Å². The molecule has 76 valence electrons. The Labute approximate surface area is 82.7 Å². The molecule has 3 nitrogen and oxygen atoms in total. The molecule has 0 atom stereocenters. The standard InChI is InChI=1S/C11H14O3/c12-10(9-5-4-8-14-9)11(13)6-2-1-3-7-11/h4-5,8,13H,1-3,6-7H2. The fourth-order valence-corrected chi connectivity index (χ4v) is 2.00. The maximum atomic E-state index is 11.8. The normalized spacial score (nSPS) is 20.6. The Kier molecular flexibility index (Phi) is 2.42. The molecule has 1 aliphatic rings. The SMILES string of the molecule is O=C(c1ccco1)C1(O)CCCCC1. The van der Waals surface area contributed by atoms with Gasteiger partial charge in [0.25, 0.3) is 0 Å². The Morgan fingerprint density at radius 3 is 2.64 bits per heavy atom. The molecule has 1 heterocycles. The van der Waals surface area contributed by atoms with Crippen LogP contribution >= 0.6 is 0 Å². The second-order valence-corrected chi connectivity index (χ2v) is 3.90. The lowest BCUT2D eigenvalue weighted by Gasteiger charge is -2.29. The van der Waals surface area contributed by atoms with Crippen LogP contribution in [0.4, 0.5) is 0 Å². The van der Waals surface area contributed by atoms with Crippen LogP contribution in [0.15, 0.2) is 22.8 Å². The van der Waals surface area contributed by atoms with Crippen molar-refractivity contribution >= 4 is 5.78 Å². The van der Waals surface area contributed by atoms with Gasteiger partial charge in [-0.2, -0.15) is 0 Å². The van der Waals surface area contributed by atoms with Crippen LogP contribution < -0.4 is 0 Å². The van der Waals surface area contributed by atoms with E-state index >= 15 is 0 Å². The van der Waals surface area contributed by atoms with E-state index in [9.17, 15) is 9.90 Å². The topological polar surface area (TPSA) is 50.4 Å². The predicted octanol–water partition coefficient (Wildman–Crippen LogP) is 2.16. The summed E-state index contributed by atoms with van der Waals surface area (Å²) in [4.78, 5) is 11.8. The van der Waals surface area contributed by atoms with Gasteiger partial charge in [0.1, 0.15) is 5.60 Å². The van der Waals surface area contributed by atoms with Crippen LogP contribution in [0.2, 0.25) is 0 Å². The van der Waals surface area contributed by atoms with E-state index in [1.807, 2.05) is 0 Å². The number of ketones is 1. The first-order valence-corrected chi connectivity index (χ1v) is 5.03. The van der Waals surface area contributed by atoms with Gasteiger partial charge in [0, 0.05) is 0 Å². The van der Waals surface area contributed by atoms with E-state index in [1.54, 1.807) is 12.1 Å². The van der Waals surface area contributed by atoms with E-state index in [1.165, 1.54) is 6.26 Å². The third-order valence-electron chi connectivity index (χ3n) is 2.85. The Morgan fingerprint density at radius 2 is 2.07 bits per heavy atom. The Hall–Kier alpha value is -1.09. The maximum Gasteiger partial charge on any atom is 0.229 e. The minimum atomic E-state index is -1.17. The monoisotopic (exact) mass is 194 g/mol. The van der Waals surface area contributed by atoms with E-state index < -0.39 is 5.60 Å². The first-order valence-electron chi connectivity index (χ1n) is 5.03. The average Bonchev–Trinajstić information content (AvgIpc) is 2.70. The summed E-state index contributed by atoms with van der Waals surface area (Å²) in [5.74, 6) is 0.0107. The number of aliphatic hydroxyl groups is 1. The Balaban J connectivity index is 2.17. The van der Waals surface area contributed by atoms with E-state index in [4.69, 9.17) is 4.42 Å². The molecule has 1 aliphatic carbocycles. The fraction of sp³-hybridized carbons (Fsp3) is 0.545. The average molecular weight is 194 g/mol. The highest BCUT2D eigenvalue weighted by Gasteiger charge is 2.38. The molecule has 0 bridgehead atoms. The third-order valence-corrected chi connectivity index (χ3v) is 2.85. The van der Waals surface area contributed by atoms with Crippen LogP contribution in [-0.2, 0) is 0 Å². The highest BCUT2D eigenvalue weighted by molar-refractivity contribution is 6.00. The predicted molar refractivity (Wildman–Crippen MR) is 51.1 cm³/mol. The van der Waals surface area contributed by atoms with E-state index in [-0.39, 0.29) is 11.5 Å². The van der Waals surface area contributed by atoms with Crippen molar-refractivity contribution in [1.29, 1.82) is 0 Å². The number of rotatable bonds is 2. The molecule has 0 spiro atoms. The molecule has 1 fully saturated rings. The molecule has 0 unspecified atom stereocenters. The van der Waals surface area contributed by atoms with Gasteiger partial charge in [-0.25, -0.2) is 0 Å². The summed E-state index contributed by atoms with van der Waals surface area (Å²) in [5, 5.41) is 10.1. The summed E-state index contributed by atoms with van der Waals surface area (Å²) in [7, 11) is 0. The highest BCUT2D eigenvalue weighted by Crippen LogP contribution is 2.31. The molecule has 0 aromatic carbocycles. The van der Waals surface area contributed by atoms with E-state index in [2.05, 4.69) is 0 Å². The molecule has 0 amide bonds. The molecular weight excluding hydrogens is 180 g/mol. The molecular formula is C11H14O3. The number of furan rings is 1. The van der Waals surface area contributed by atoms with Crippen LogP contribution in [0, 0.1) is 0 Å². The molecule has 2 rings (SSSR count). The number of carbonyl (C=O) groups excluding carboxylic acids is 1. The summed E-state index contributed by atoms with van der Waals surface area (Å²) >= 11 is 0. The number of hydrogen-bond donors (Lipinski definition) is 1. The lowest BCUT2D eigenvalue weighted by molar-refractivity contribution is 0.00928. The van der Waals surface area contributed by atoms with Gasteiger partial charge in [0.15, 0.2) is 5.76 Å². The van der Waals surface area contributed by atoms with Gasteiger partial charge in [-0.15, -0.1) is 0 Å². The number of Topliss-reactive ketones (excluding diaryl/α,β-unsaturated/α-hetero) is 1. The molecule has 1 aromatic rings. The van der Waals surface area contributed by atoms with Gasteiger partial charge in [0.2, 0.25) is 5.78 Å². The highest BCUT2D eigenvalue weighted by atomic mass is 16.3. The largest absolute Gasteiger partial charge is 0.461 e. The lowest BCUT2D eigenvalue weighted by atomic mass is 9.81. The maximum absolute atomic E-state index is 11.8. The first kappa shape index (κ1) is 9.46. The molecule has 1 aromatic heterocycles. The quantitative estimate of drug-likeness (QED) is 0.734. The van der Waals surface area contributed by atoms with E-state index in [0.29, 0.717) is 12.8 Å². The van der Waals surface area contributed by atoms with Crippen LogP contribution in [0.3, 0.4) is 0 Å². The summed E-state index contributed by atoms with van der Waals surface area (Å²) in [6.07, 6.45) is 5.53. The Morgan fingerprint density at radius 1 is 1.36 bits per heavy atom. The molecule has 0 saturated heterocycles. The second kappa shape index (κ2) is 3.58. The molecule has 1 N–H and O–H groups in total. The molecule has 0 radical (unpaired) electrons. The summed E-state index contributed by atoms with van der Waals surface area (Å²) in [5.41, 5.74) is -1.17. The summed E-state index contributed by atoms with van der Waals surface area (Å²) < 4.78 is 5.00. The lowest BCUT2D eigenvalue weighted by Crippen LogP contribution is -2.40. The first-order chi connectivity index (χ1) is 6.72. The second-order valence-electron chi connectivity index (χ2n) is 3.90. The van der Waals surface area contributed by atoms with Crippen LogP contribution in [-0.4, -0.2) is 16.5 Å². The zero-order valence-electron chi connectivity index (χ0n) is 8.03. The molecule has 14 heavy (non-hydrogen) atoms. The smallest absolute Gasteiger partial charge is 0.229 e. The molecule has 1 saturated carbocycles. The van der Waals surface area contributed by atoms with Crippen molar-refractivity contribution in [1.82, 2.24) is 0 Å². The van der Waals surface area contributed by atoms with Gasteiger partial charge in [-0.1, -0.05) is 19.3 Å². The van der Waals surface area contributed by atoms with Gasteiger partial charge in [-0.3, -0.25) is 4.79 Å². The van der Waals surface area contributed by atoms with Gasteiger partial charge >= 0.3 is 0 Å². The molecule has 0 aliphatic heterocycles. The minimum absolute atomic E-state index is 0.262. The number of hydrogen-bond acceptors (Lipinski definition) is 3. The van der Waals surface area contributed by atoms with Crippen molar-refractivity contribution < 1.29 is 14.3 Å². The van der Waals surface area contributed by atoms with Gasteiger partial charge in [0.05, 0.1) is 6.26 Å². The minimum Gasteiger partial charge on any atom is -0.461 e. The zero-order valence-corrected chi connectivity index (χ0v) is 8.03. The summed E-state index contributed by atoms with van der Waals surface area (Å²) in [6, 6.07) is 3.27. The fourth-order valence-electron chi connectivity index (χ4n) is 2.00. The number of carbonyl (C=O) groups is 1. The van der Waals surface area contributed by atoms with Crippen LogP contribution in [0.1, 0.15) is 42.7 Å². The van der Waals surface area contributed by atoms with Crippen molar-refractivity contribution in [3.05, 3.63) is 24.2 Å². The van der Waals surface area contributed by atoms with Crippen molar-refractivity contribution in [2.75, 3.05) is 0 Å².